The first-order valence-corrected chi connectivity index (χ1v) is 10.3. The van der Waals surface area contributed by atoms with Crippen molar-refractivity contribution >= 4 is 56.3 Å². The minimum Gasteiger partial charge on any atom is -0.268 e. The monoisotopic (exact) mass is 419 g/mol. The quantitative estimate of drug-likeness (QED) is 0.654. The fraction of sp³-hybridized carbons (Fsp3) is 0. The van der Waals surface area contributed by atoms with Crippen LogP contribution in [0.2, 0.25) is 4.34 Å². The second-order valence-corrected chi connectivity index (χ2v) is 9.18. The summed E-state index contributed by atoms with van der Waals surface area (Å²) in [4.78, 5) is 29.9. The van der Waals surface area contributed by atoms with E-state index in [1.54, 1.807) is 24.3 Å². The number of nitrogens with one attached hydrogen (secondary N) is 1. The number of nitrogens with zero attached hydrogens (tertiary/aromatic N) is 2. The Bertz CT molecular complexity index is 1140. The lowest BCUT2D eigenvalue weighted by atomic mass is 10.1. The van der Waals surface area contributed by atoms with Crippen LogP contribution in [0, 0.1) is 0 Å². The van der Waals surface area contributed by atoms with Crippen LogP contribution < -0.4 is 9.62 Å². The molecule has 0 atom stereocenters. The Kier molecular flexibility index (Phi) is 4.22. The van der Waals surface area contributed by atoms with Crippen LogP contribution in [0.1, 0.15) is 20.7 Å². The highest BCUT2D eigenvalue weighted by Crippen LogP contribution is 2.29. The maximum atomic E-state index is 12.5. The third-order valence-electron chi connectivity index (χ3n) is 3.85. The lowest BCUT2D eigenvalue weighted by molar-refractivity contribution is 0.0926. The first kappa shape index (κ1) is 17.7. The molecular formula is C17H10ClN3O4S2. The predicted molar refractivity (Wildman–Crippen MR) is 102 cm³/mol. The molecule has 1 aliphatic rings. The van der Waals surface area contributed by atoms with E-state index in [-0.39, 0.29) is 15.7 Å². The molecule has 1 N–H and O–H groups in total. The van der Waals surface area contributed by atoms with E-state index < -0.39 is 21.8 Å². The number of benzene rings is 1. The van der Waals surface area contributed by atoms with Crippen LogP contribution in [-0.2, 0) is 10.0 Å². The zero-order valence-electron chi connectivity index (χ0n) is 13.4. The number of pyridine rings is 1. The number of rotatable bonds is 4. The highest BCUT2D eigenvalue weighted by molar-refractivity contribution is 7.94. The van der Waals surface area contributed by atoms with Gasteiger partial charge in [0.05, 0.1) is 27.3 Å². The first-order chi connectivity index (χ1) is 12.9. The number of hydrogen-bond donors (Lipinski definition) is 1. The summed E-state index contributed by atoms with van der Waals surface area (Å²) in [5, 5.41) is 0. The van der Waals surface area contributed by atoms with Crippen LogP contribution in [0.4, 0.5) is 11.5 Å². The van der Waals surface area contributed by atoms with Crippen molar-refractivity contribution < 1.29 is 18.0 Å². The van der Waals surface area contributed by atoms with E-state index in [1.165, 1.54) is 30.5 Å². The molecule has 0 bridgehead atoms. The highest BCUT2D eigenvalue weighted by Gasteiger charge is 2.36. The molecular weight excluding hydrogens is 410 g/mol. The number of amides is 2. The van der Waals surface area contributed by atoms with Crippen molar-refractivity contribution in [1.82, 2.24) is 4.98 Å². The molecule has 27 heavy (non-hydrogen) atoms. The topological polar surface area (TPSA) is 96.4 Å². The average molecular weight is 420 g/mol. The summed E-state index contributed by atoms with van der Waals surface area (Å²) in [5.41, 5.74) is 0.895. The van der Waals surface area contributed by atoms with E-state index in [1.807, 2.05) is 0 Å². The van der Waals surface area contributed by atoms with E-state index in [0.717, 1.165) is 16.2 Å². The zero-order chi connectivity index (χ0) is 19.2. The van der Waals surface area contributed by atoms with Crippen LogP contribution in [0.15, 0.2) is 58.9 Å². The lowest BCUT2D eigenvalue weighted by Gasteiger charge is -2.14. The van der Waals surface area contributed by atoms with Gasteiger partial charge in [0.25, 0.3) is 21.8 Å². The second-order valence-electron chi connectivity index (χ2n) is 5.56. The van der Waals surface area contributed by atoms with Gasteiger partial charge in [-0.25, -0.2) is 18.3 Å². The molecule has 7 nitrogen and oxygen atoms in total. The molecule has 0 spiro atoms. The van der Waals surface area contributed by atoms with Crippen molar-refractivity contribution in [2.75, 3.05) is 9.62 Å². The van der Waals surface area contributed by atoms with Gasteiger partial charge in [0.15, 0.2) is 0 Å². The van der Waals surface area contributed by atoms with E-state index in [4.69, 9.17) is 11.6 Å². The van der Waals surface area contributed by atoms with E-state index >= 15 is 0 Å². The number of fused-ring (bicyclic) bond motifs is 1. The van der Waals surface area contributed by atoms with E-state index in [2.05, 4.69) is 9.71 Å². The molecule has 0 saturated heterocycles. The van der Waals surface area contributed by atoms with Crippen LogP contribution in [0.3, 0.4) is 0 Å². The minimum absolute atomic E-state index is 0.0544. The average Bonchev–Trinajstić information content (AvgIpc) is 3.19. The molecule has 0 aliphatic carbocycles. The zero-order valence-corrected chi connectivity index (χ0v) is 15.8. The van der Waals surface area contributed by atoms with Crippen molar-refractivity contribution in [1.29, 1.82) is 0 Å². The molecule has 136 valence electrons. The summed E-state index contributed by atoms with van der Waals surface area (Å²) < 4.78 is 27.3. The summed E-state index contributed by atoms with van der Waals surface area (Å²) >= 11 is 6.69. The maximum Gasteiger partial charge on any atom is 0.272 e. The van der Waals surface area contributed by atoms with Crippen molar-refractivity contribution in [3.05, 3.63) is 70.2 Å². The number of imide groups is 1. The van der Waals surface area contributed by atoms with Crippen molar-refractivity contribution in [3.8, 4) is 0 Å². The van der Waals surface area contributed by atoms with Gasteiger partial charge < -0.3 is 0 Å². The van der Waals surface area contributed by atoms with Crippen molar-refractivity contribution in [2.45, 2.75) is 4.21 Å². The minimum atomic E-state index is -3.82. The fourth-order valence-corrected chi connectivity index (χ4v) is 5.12. The SMILES string of the molecule is O=C1c2ccccc2C(=O)N1c1ccc(NS(=O)(=O)c2ccc(Cl)s2)nc1. The molecule has 2 amide bonds. The normalized spacial score (nSPS) is 13.7. The third kappa shape index (κ3) is 3.09. The summed E-state index contributed by atoms with van der Waals surface area (Å²) in [6, 6.07) is 12.2. The van der Waals surface area contributed by atoms with Crippen LogP contribution in [0.5, 0.6) is 0 Å². The molecule has 1 aromatic carbocycles. The Morgan fingerprint density at radius 3 is 2.15 bits per heavy atom. The van der Waals surface area contributed by atoms with Gasteiger partial charge in [-0.1, -0.05) is 23.7 Å². The Balaban J connectivity index is 1.59. The smallest absolute Gasteiger partial charge is 0.268 e. The number of hydrogen-bond acceptors (Lipinski definition) is 6. The molecule has 3 heterocycles. The van der Waals surface area contributed by atoms with E-state index in [9.17, 15) is 18.0 Å². The fourth-order valence-electron chi connectivity index (χ4n) is 2.63. The van der Waals surface area contributed by atoms with Crippen LogP contribution >= 0.6 is 22.9 Å². The number of carbonyl (C=O) groups is 2. The van der Waals surface area contributed by atoms with Gasteiger partial charge in [0.1, 0.15) is 10.0 Å². The van der Waals surface area contributed by atoms with Gasteiger partial charge >= 0.3 is 0 Å². The summed E-state index contributed by atoms with van der Waals surface area (Å²) in [6.07, 6.45) is 1.26. The van der Waals surface area contributed by atoms with Crippen LogP contribution in [0.25, 0.3) is 0 Å². The molecule has 0 unspecified atom stereocenters. The maximum absolute atomic E-state index is 12.5. The molecule has 1 aliphatic heterocycles. The number of anilines is 2. The number of aromatic nitrogens is 1. The second kappa shape index (κ2) is 6.45. The number of halogens is 1. The van der Waals surface area contributed by atoms with Gasteiger partial charge in [-0.2, -0.15) is 0 Å². The molecule has 3 aromatic rings. The van der Waals surface area contributed by atoms with Gasteiger partial charge in [-0.15, -0.1) is 11.3 Å². The Morgan fingerprint density at radius 1 is 0.963 bits per heavy atom. The Hall–Kier alpha value is -2.75. The van der Waals surface area contributed by atoms with Crippen LogP contribution in [-0.4, -0.2) is 25.2 Å². The van der Waals surface area contributed by atoms with E-state index in [0.29, 0.717) is 15.5 Å². The molecule has 0 saturated carbocycles. The Labute approximate surface area is 163 Å². The molecule has 10 heteroatoms. The first-order valence-electron chi connectivity index (χ1n) is 7.59. The Morgan fingerprint density at radius 2 is 1.63 bits per heavy atom. The number of thiophene rings is 1. The van der Waals surface area contributed by atoms with Crippen molar-refractivity contribution in [2.24, 2.45) is 0 Å². The van der Waals surface area contributed by atoms with Gasteiger partial charge in [0, 0.05) is 0 Å². The lowest BCUT2D eigenvalue weighted by Crippen LogP contribution is -2.29. The highest BCUT2D eigenvalue weighted by atomic mass is 35.5. The molecule has 2 aromatic heterocycles. The molecule has 4 rings (SSSR count). The van der Waals surface area contributed by atoms with Gasteiger partial charge in [0.2, 0.25) is 0 Å². The molecule has 0 fully saturated rings. The summed E-state index contributed by atoms with van der Waals surface area (Å²) in [5.74, 6) is -0.835. The predicted octanol–water partition coefficient (Wildman–Crippen LogP) is 3.40. The van der Waals surface area contributed by atoms with Gasteiger partial charge in [-0.05, 0) is 36.4 Å². The van der Waals surface area contributed by atoms with Crippen molar-refractivity contribution in [3.63, 3.8) is 0 Å². The summed E-state index contributed by atoms with van der Waals surface area (Å²) in [6.45, 7) is 0. The third-order valence-corrected chi connectivity index (χ3v) is 6.93. The molecule has 0 radical (unpaired) electrons. The largest absolute Gasteiger partial charge is 0.272 e. The number of carbonyl (C=O) groups excluding carboxylic acids is 2. The standard InChI is InChI=1S/C17H10ClN3O4S2/c18-13-6-8-15(26-13)27(24,25)20-14-7-5-10(9-19-14)21-16(22)11-3-1-2-4-12(11)17(21)23/h1-9H,(H,19,20). The summed E-state index contributed by atoms with van der Waals surface area (Å²) in [7, 11) is -3.82. The van der Waals surface area contributed by atoms with Gasteiger partial charge in [-0.3, -0.25) is 14.3 Å². The number of sulfonamides is 1.